The maximum atomic E-state index is 8.54. The summed E-state index contributed by atoms with van der Waals surface area (Å²) in [6.07, 6.45) is 5.47. The van der Waals surface area contributed by atoms with Gasteiger partial charge in [-0.3, -0.25) is 9.80 Å². The Morgan fingerprint density at radius 1 is 0.833 bits per heavy atom. The molecule has 0 radical (unpaired) electrons. The second-order valence-electron chi connectivity index (χ2n) is 4.07. The molecule has 0 aromatic carbocycles. The van der Waals surface area contributed by atoms with Gasteiger partial charge in [-0.2, -0.15) is 10.5 Å². The first-order valence-electron chi connectivity index (χ1n) is 6.62. The Kier molecular flexibility index (Phi) is 11.2. The highest BCUT2D eigenvalue weighted by Crippen LogP contribution is 1.94. The molecular formula is C14H24N4. The van der Waals surface area contributed by atoms with Crippen molar-refractivity contribution in [1.82, 2.24) is 9.80 Å². The van der Waals surface area contributed by atoms with Crippen LogP contribution in [0.3, 0.4) is 0 Å². The van der Waals surface area contributed by atoms with Gasteiger partial charge < -0.3 is 0 Å². The second kappa shape index (κ2) is 12.1. The van der Waals surface area contributed by atoms with Crippen LogP contribution in [0.25, 0.3) is 0 Å². The molecular weight excluding hydrogens is 224 g/mol. The molecule has 100 valence electrons. The molecule has 0 saturated heterocycles. The van der Waals surface area contributed by atoms with Crippen molar-refractivity contribution in [3.8, 4) is 12.1 Å². The molecule has 0 aliphatic heterocycles. The smallest absolute Gasteiger partial charge is 0.0635 e. The predicted molar refractivity (Wildman–Crippen MR) is 73.8 cm³/mol. The van der Waals surface area contributed by atoms with Crippen molar-refractivity contribution in [3.05, 3.63) is 12.2 Å². The lowest BCUT2D eigenvalue weighted by Gasteiger charge is -2.18. The normalized spacial score (nSPS) is 11.0. The summed E-state index contributed by atoms with van der Waals surface area (Å²) in [4.78, 5) is 4.48. The van der Waals surface area contributed by atoms with E-state index in [0.29, 0.717) is 12.8 Å². The van der Waals surface area contributed by atoms with E-state index in [-0.39, 0.29) is 0 Å². The van der Waals surface area contributed by atoms with Gasteiger partial charge in [0.2, 0.25) is 0 Å². The lowest BCUT2D eigenvalue weighted by molar-refractivity contribution is 0.318. The first-order valence-corrected chi connectivity index (χ1v) is 6.62. The van der Waals surface area contributed by atoms with Crippen LogP contribution in [0.4, 0.5) is 0 Å². The van der Waals surface area contributed by atoms with Gasteiger partial charge >= 0.3 is 0 Å². The lowest BCUT2D eigenvalue weighted by Crippen LogP contribution is -2.26. The summed E-state index contributed by atoms with van der Waals surface area (Å²) in [6.45, 7) is 9.62. The molecule has 0 aliphatic rings. The third-order valence-electron chi connectivity index (χ3n) is 2.87. The van der Waals surface area contributed by atoms with E-state index in [0.717, 1.165) is 39.3 Å². The Morgan fingerprint density at radius 2 is 1.22 bits per heavy atom. The minimum atomic E-state index is 0.588. The molecule has 0 saturated carbocycles. The van der Waals surface area contributed by atoms with E-state index in [1.165, 1.54) is 0 Å². The standard InChI is InChI=1S/C14H24N4/c1-3-17(13-7-9-15)11-5-6-12-18(4-2)14-8-10-16/h5-6H,3-4,7-8,11-14H2,1-2H3/b6-5+. The van der Waals surface area contributed by atoms with Crippen LogP contribution in [-0.4, -0.2) is 49.1 Å². The number of likely N-dealkylation sites (N-methyl/N-ethyl adjacent to an activating group) is 2. The number of hydrogen-bond acceptors (Lipinski definition) is 4. The van der Waals surface area contributed by atoms with Crippen molar-refractivity contribution in [3.63, 3.8) is 0 Å². The largest absolute Gasteiger partial charge is 0.299 e. The molecule has 0 atom stereocenters. The summed E-state index contributed by atoms with van der Waals surface area (Å²) in [5.74, 6) is 0. The van der Waals surface area contributed by atoms with E-state index in [4.69, 9.17) is 10.5 Å². The first kappa shape index (κ1) is 16.6. The molecule has 0 N–H and O–H groups in total. The molecule has 0 heterocycles. The molecule has 0 aliphatic carbocycles. The number of rotatable bonds is 10. The van der Waals surface area contributed by atoms with Crippen LogP contribution in [0.15, 0.2) is 12.2 Å². The van der Waals surface area contributed by atoms with Crippen molar-refractivity contribution < 1.29 is 0 Å². The lowest BCUT2D eigenvalue weighted by atomic mass is 10.3. The third-order valence-corrected chi connectivity index (χ3v) is 2.87. The van der Waals surface area contributed by atoms with E-state index in [1.807, 2.05) is 0 Å². The van der Waals surface area contributed by atoms with E-state index in [1.54, 1.807) is 0 Å². The Balaban J connectivity index is 3.85. The highest BCUT2D eigenvalue weighted by atomic mass is 15.1. The second-order valence-corrected chi connectivity index (χ2v) is 4.07. The van der Waals surface area contributed by atoms with Crippen molar-refractivity contribution in [2.45, 2.75) is 26.7 Å². The number of nitrogens with zero attached hydrogens (tertiary/aromatic N) is 4. The summed E-state index contributed by atoms with van der Waals surface area (Å²) >= 11 is 0. The average molecular weight is 248 g/mol. The molecule has 0 aromatic heterocycles. The van der Waals surface area contributed by atoms with Gasteiger partial charge in [0, 0.05) is 39.0 Å². The summed E-state index contributed by atoms with van der Waals surface area (Å²) in [6, 6.07) is 4.34. The van der Waals surface area contributed by atoms with Gasteiger partial charge in [-0.05, 0) is 13.1 Å². The van der Waals surface area contributed by atoms with E-state index in [2.05, 4.69) is 47.9 Å². The van der Waals surface area contributed by atoms with Gasteiger partial charge in [-0.25, -0.2) is 0 Å². The fourth-order valence-corrected chi connectivity index (χ4v) is 1.62. The van der Waals surface area contributed by atoms with Crippen LogP contribution in [0, 0.1) is 22.7 Å². The summed E-state index contributed by atoms with van der Waals surface area (Å²) in [5, 5.41) is 17.1. The predicted octanol–water partition coefficient (Wildman–Crippen LogP) is 2.01. The van der Waals surface area contributed by atoms with Crippen molar-refractivity contribution >= 4 is 0 Å². The van der Waals surface area contributed by atoms with Gasteiger partial charge in [0.1, 0.15) is 0 Å². The summed E-state index contributed by atoms with van der Waals surface area (Å²) in [5.41, 5.74) is 0. The van der Waals surface area contributed by atoms with Gasteiger partial charge in [0.05, 0.1) is 12.1 Å². The molecule has 0 fully saturated rings. The van der Waals surface area contributed by atoms with E-state index in [9.17, 15) is 0 Å². The van der Waals surface area contributed by atoms with Crippen LogP contribution in [0.5, 0.6) is 0 Å². The number of nitriles is 2. The highest BCUT2D eigenvalue weighted by molar-refractivity contribution is 4.88. The number of hydrogen-bond donors (Lipinski definition) is 0. The quantitative estimate of drug-likeness (QED) is 0.555. The zero-order valence-corrected chi connectivity index (χ0v) is 11.6. The van der Waals surface area contributed by atoms with Crippen molar-refractivity contribution in [1.29, 1.82) is 10.5 Å². The van der Waals surface area contributed by atoms with Crippen molar-refractivity contribution in [2.75, 3.05) is 39.3 Å². The monoisotopic (exact) mass is 248 g/mol. The van der Waals surface area contributed by atoms with Gasteiger partial charge in [0.25, 0.3) is 0 Å². The van der Waals surface area contributed by atoms with Crippen LogP contribution >= 0.6 is 0 Å². The Hall–Kier alpha value is -1.36. The zero-order valence-electron chi connectivity index (χ0n) is 11.6. The SMILES string of the molecule is CCN(C/C=C/CN(CC)CCC#N)CCC#N. The maximum Gasteiger partial charge on any atom is 0.0635 e. The molecule has 4 nitrogen and oxygen atoms in total. The van der Waals surface area contributed by atoms with Crippen LogP contribution < -0.4 is 0 Å². The third kappa shape index (κ3) is 8.75. The molecule has 0 rings (SSSR count). The Labute approximate surface area is 111 Å². The molecule has 0 aromatic rings. The van der Waals surface area contributed by atoms with Crippen LogP contribution in [0.1, 0.15) is 26.7 Å². The fraction of sp³-hybridized carbons (Fsp3) is 0.714. The van der Waals surface area contributed by atoms with E-state index >= 15 is 0 Å². The maximum absolute atomic E-state index is 8.54. The topological polar surface area (TPSA) is 54.1 Å². The van der Waals surface area contributed by atoms with Crippen molar-refractivity contribution in [2.24, 2.45) is 0 Å². The van der Waals surface area contributed by atoms with Gasteiger partial charge in [-0.1, -0.05) is 26.0 Å². The molecule has 18 heavy (non-hydrogen) atoms. The average Bonchev–Trinajstić information content (AvgIpc) is 2.41. The Morgan fingerprint density at radius 3 is 1.50 bits per heavy atom. The van der Waals surface area contributed by atoms with Crippen LogP contribution in [-0.2, 0) is 0 Å². The first-order chi connectivity index (χ1) is 8.78. The molecule has 0 amide bonds. The summed E-state index contributed by atoms with van der Waals surface area (Å²) in [7, 11) is 0. The molecule has 0 spiro atoms. The molecule has 0 bridgehead atoms. The fourth-order valence-electron chi connectivity index (χ4n) is 1.62. The molecule has 4 heteroatoms. The van der Waals surface area contributed by atoms with Gasteiger partial charge in [0.15, 0.2) is 0 Å². The summed E-state index contributed by atoms with van der Waals surface area (Å²) < 4.78 is 0. The molecule has 0 unspecified atom stereocenters. The highest BCUT2D eigenvalue weighted by Gasteiger charge is 2.00. The van der Waals surface area contributed by atoms with Crippen LogP contribution in [0.2, 0.25) is 0 Å². The zero-order chi connectivity index (χ0) is 13.6. The van der Waals surface area contributed by atoms with Gasteiger partial charge in [-0.15, -0.1) is 0 Å². The minimum absolute atomic E-state index is 0.588. The van der Waals surface area contributed by atoms with E-state index < -0.39 is 0 Å². The minimum Gasteiger partial charge on any atom is -0.299 e. The Bertz CT molecular complexity index is 268.